The molecule has 0 spiro atoms. The Morgan fingerprint density at radius 2 is 1.08 bits per heavy atom. The first-order chi connectivity index (χ1) is 4.50. The molecule has 0 amide bonds. The molecule has 0 saturated heterocycles. The molecule has 0 aliphatic carbocycles. The van der Waals surface area contributed by atoms with E-state index in [1.165, 1.54) is 0 Å². The van der Waals surface area contributed by atoms with Crippen molar-refractivity contribution in [2.24, 2.45) is 0 Å². The standard InChI is InChI=1S/C5H5.2C2H5.2ClH.Hf/c1-2-4-5-3-1;2*1-2;;;/h1-5H;2*1H2,2H3;2*1H;/q3*-1;;;/p-2. The molecule has 0 fully saturated rings. The number of rotatable bonds is 0. The summed E-state index contributed by atoms with van der Waals surface area (Å²) in [5.74, 6) is 0. The summed E-state index contributed by atoms with van der Waals surface area (Å²) in [7, 11) is 0. The van der Waals surface area contributed by atoms with E-state index in [4.69, 9.17) is 0 Å². The average molecular weight is 373 g/mol. The molecule has 0 aliphatic heterocycles. The van der Waals surface area contributed by atoms with Crippen LogP contribution in [0.25, 0.3) is 0 Å². The third-order valence-electron chi connectivity index (χ3n) is 0.556. The molecule has 0 radical (unpaired) electrons. The summed E-state index contributed by atoms with van der Waals surface area (Å²) >= 11 is 0. The average Bonchev–Trinajstić information content (AvgIpc) is 2.51. The van der Waals surface area contributed by atoms with E-state index in [9.17, 15) is 0 Å². The summed E-state index contributed by atoms with van der Waals surface area (Å²) in [6, 6.07) is 10.0. The van der Waals surface area contributed by atoms with Crippen LogP contribution < -0.4 is 24.8 Å². The van der Waals surface area contributed by atoms with Gasteiger partial charge in [-0.3, -0.25) is 0 Å². The van der Waals surface area contributed by atoms with Crippen molar-refractivity contribution in [2.75, 3.05) is 0 Å². The molecule has 0 N–H and O–H groups in total. The first-order valence-electron chi connectivity index (χ1n) is 3.08. The molecule has 3 heteroatoms. The summed E-state index contributed by atoms with van der Waals surface area (Å²) in [6.07, 6.45) is 0. The molecule has 0 saturated carbocycles. The number of halogens is 2. The van der Waals surface area contributed by atoms with Gasteiger partial charge in [-0.2, -0.15) is 32.0 Å². The molecule has 1 rings (SSSR count). The van der Waals surface area contributed by atoms with E-state index in [-0.39, 0.29) is 50.7 Å². The van der Waals surface area contributed by atoms with Gasteiger partial charge < -0.3 is 38.7 Å². The number of hydrogen-bond donors (Lipinski definition) is 0. The SMILES string of the molecule is [CH2-]C.[CH2-]C.[Cl-].[Cl-].[Hf].c1cc[cH-]c1. The van der Waals surface area contributed by atoms with Crippen LogP contribution in [-0.2, 0) is 25.8 Å². The first kappa shape index (κ1) is 29.3. The van der Waals surface area contributed by atoms with Crippen LogP contribution in [0.15, 0.2) is 30.3 Å². The van der Waals surface area contributed by atoms with E-state index in [1.54, 1.807) is 13.8 Å². The Hall–Kier alpha value is 0.800. The largest absolute Gasteiger partial charge is 1.00 e. The van der Waals surface area contributed by atoms with Gasteiger partial charge in [-0.25, -0.2) is 12.1 Å². The molecule has 0 bridgehead atoms. The van der Waals surface area contributed by atoms with E-state index in [0.717, 1.165) is 0 Å². The Kier molecular flexibility index (Phi) is 99.9. The normalized spacial score (nSPS) is 4.33. The maximum absolute atomic E-state index is 3.25. The Balaban J connectivity index is -0.0000000213. The minimum atomic E-state index is 0. The summed E-state index contributed by atoms with van der Waals surface area (Å²) in [5, 5.41) is 0. The van der Waals surface area contributed by atoms with Crippen LogP contribution in [0.3, 0.4) is 0 Å². The molecular formula is C9H15Cl2Hf-5. The van der Waals surface area contributed by atoms with Gasteiger partial charge in [0.2, 0.25) is 0 Å². The quantitative estimate of drug-likeness (QED) is 0.338. The third kappa shape index (κ3) is 30.8. The van der Waals surface area contributed by atoms with Gasteiger partial charge in [0.15, 0.2) is 0 Å². The predicted molar refractivity (Wildman–Crippen MR) is 44.1 cm³/mol. The fourth-order valence-corrected chi connectivity index (χ4v) is 0.321. The van der Waals surface area contributed by atoms with E-state index in [2.05, 4.69) is 13.8 Å². The molecule has 1 aromatic carbocycles. The van der Waals surface area contributed by atoms with Crippen LogP contribution in [0.5, 0.6) is 0 Å². The van der Waals surface area contributed by atoms with Gasteiger partial charge in [0.05, 0.1) is 0 Å². The van der Waals surface area contributed by atoms with Crippen LogP contribution in [0.4, 0.5) is 0 Å². The molecule has 0 atom stereocenters. The molecule has 0 aromatic heterocycles. The fourth-order valence-electron chi connectivity index (χ4n) is 0.321. The minimum absolute atomic E-state index is 0. The second kappa shape index (κ2) is 40.9. The molecule has 0 unspecified atom stereocenters. The predicted octanol–water partition coefficient (Wildman–Crippen LogP) is -2.91. The summed E-state index contributed by atoms with van der Waals surface area (Å²) in [5.41, 5.74) is 0. The maximum atomic E-state index is 3.25. The van der Waals surface area contributed by atoms with Crippen LogP contribution in [-0.4, -0.2) is 0 Å². The van der Waals surface area contributed by atoms with E-state index in [0.29, 0.717) is 0 Å². The van der Waals surface area contributed by atoms with Crippen molar-refractivity contribution >= 4 is 0 Å². The summed E-state index contributed by atoms with van der Waals surface area (Å²) < 4.78 is 0. The number of hydrogen-bond acceptors (Lipinski definition) is 0. The Morgan fingerprint density at radius 1 is 0.833 bits per heavy atom. The zero-order valence-electron chi connectivity index (χ0n) is 7.56. The third-order valence-corrected chi connectivity index (χ3v) is 0.556. The van der Waals surface area contributed by atoms with Crippen LogP contribution in [0.2, 0.25) is 0 Å². The monoisotopic (exact) mass is 373 g/mol. The van der Waals surface area contributed by atoms with Gasteiger partial charge in [0.1, 0.15) is 0 Å². The van der Waals surface area contributed by atoms with Gasteiger partial charge in [-0.1, -0.05) is 0 Å². The van der Waals surface area contributed by atoms with Gasteiger partial charge in [0, 0.05) is 25.8 Å². The van der Waals surface area contributed by atoms with E-state index >= 15 is 0 Å². The van der Waals surface area contributed by atoms with Gasteiger partial charge in [0.25, 0.3) is 0 Å². The van der Waals surface area contributed by atoms with Crippen molar-refractivity contribution in [1.29, 1.82) is 0 Å². The van der Waals surface area contributed by atoms with Gasteiger partial charge >= 0.3 is 0 Å². The molecule has 0 heterocycles. The zero-order valence-corrected chi connectivity index (χ0v) is 12.7. The zero-order chi connectivity index (χ0) is 7.54. The van der Waals surface area contributed by atoms with Crippen molar-refractivity contribution < 1.29 is 50.7 Å². The fraction of sp³-hybridized carbons (Fsp3) is 0.222. The Morgan fingerprint density at radius 3 is 1.17 bits per heavy atom. The maximum Gasteiger partial charge on any atom is 0 e. The van der Waals surface area contributed by atoms with Crippen molar-refractivity contribution in [3.05, 3.63) is 44.2 Å². The molecular weight excluding hydrogens is 357 g/mol. The second-order valence-electron chi connectivity index (χ2n) is 0.962. The summed E-state index contributed by atoms with van der Waals surface area (Å²) in [4.78, 5) is 0. The van der Waals surface area contributed by atoms with E-state index < -0.39 is 0 Å². The van der Waals surface area contributed by atoms with Crippen molar-refractivity contribution in [3.8, 4) is 0 Å². The Bertz CT molecular complexity index is 69.0. The van der Waals surface area contributed by atoms with Crippen molar-refractivity contribution in [1.82, 2.24) is 0 Å². The van der Waals surface area contributed by atoms with Crippen LogP contribution in [0, 0.1) is 13.8 Å². The molecule has 74 valence electrons. The van der Waals surface area contributed by atoms with Gasteiger partial charge in [-0.05, 0) is 0 Å². The smallest absolute Gasteiger partial charge is 0 e. The van der Waals surface area contributed by atoms with Crippen molar-refractivity contribution in [2.45, 2.75) is 13.8 Å². The van der Waals surface area contributed by atoms with E-state index in [1.807, 2.05) is 30.3 Å². The van der Waals surface area contributed by atoms with Crippen LogP contribution >= 0.6 is 0 Å². The second-order valence-corrected chi connectivity index (χ2v) is 0.962. The molecule has 1 aromatic rings. The van der Waals surface area contributed by atoms with Gasteiger partial charge in [-0.15, -0.1) is 0 Å². The molecule has 0 nitrogen and oxygen atoms in total. The van der Waals surface area contributed by atoms with Crippen LogP contribution in [0.1, 0.15) is 13.8 Å². The molecule has 12 heavy (non-hydrogen) atoms. The molecule has 0 aliphatic rings. The summed E-state index contributed by atoms with van der Waals surface area (Å²) in [6.45, 7) is 10.0. The Labute approximate surface area is 108 Å². The minimum Gasteiger partial charge on any atom is -1.00 e. The van der Waals surface area contributed by atoms with Crippen molar-refractivity contribution in [3.63, 3.8) is 0 Å². The topological polar surface area (TPSA) is 0 Å². The first-order valence-corrected chi connectivity index (χ1v) is 3.08.